The summed E-state index contributed by atoms with van der Waals surface area (Å²) in [6, 6.07) is 10.4. The molecule has 0 radical (unpaired) electrons. The number of hydrogen-bond donors (Lipinski definition) is 0. The molecule has 0 saturated carbocycles. The van der Waals surface area contributed by atoms with Gasteiger partial charge in [-0.1, -0.05) is 32.0 Å². The zero-order valence-electron chi connectivity index (χ0n) is 15.3. The second-order valence-electron chi connectivity index (χ2n) is 6.84. The quantitative estimate of drug-likeness (QED) is 0.435. The molecule has 0 saturated heterocycles. The van der Waals surface area contributed by atoms with E-state index in [2.05, 4.69) is 0 Å². The van der Waals surface area contributed by atoms with E-state index in [1.807, 2.05) is 44.4 Å². The Hall–Kier alpha value is -2.31. The summed E-state index contributed by atoms with van der Waals surface area (Å²) in [4.78, 5) is 21.3. The highest BCUT2D eigenvalue weighted by Gasteiger charge is 2.21. The molecule has 0 amide bonds. The molecule has 0 spiro atoms. The van der Waals surface area contributed by atoms with Crippen molar-refractivity contribution in [3.8, 4) is 10.4 Å². The highest BCUT2D eigenvalue weighted by molar-refractivity contribution is 7.20. The van der Waals surface area contributed by atoms with Gasteiger partial charge in [-0.05, 0) is 36.1 Å². The normalized spacial score (nSPS) is 11.6. The molecule has 0 N–H and O–H groups in total. The lowest BCUT2D eigenvalue weighted by atomic mass is 10.1. The van der Waals surface area contributed by atoms with Gasteiger partial charge in [-0.3, -0.25) is 9.36 Å². The van der Waals surface area contributed by atoms with Gasteiger partial charge in [-0.2, -0.15) is 0 Å². The summed E-state index contributed by atoms with van der Waals surface area (Å²) in [7, 11) is 0. The van der Waals surface area contributed by atoms with Gasteiger partial charge in [0, 0.05) is 21.2 Å². The molecule has 4 rings (SSSR count). The van der Waals surface area contributed by atoms with Crippen LogP contribution in [0.4, 0.5) is 4.39 Å². The lowest BCUT2D eigenvalue weighted by Gasteiger charge is -2.15. The van der Waals surface area contributed by atoms with Crippen molar-refractivity contribution in [2.24, 2.45) is 0 Å². The Morgan fingerprint density at radius 2 is 2.04 bits per heavy atom. The summed E-state index contributed by atoms with van der Waals surface area (Å²) in [5.41, 5.74) is 1.68. The first-order valence-electron chi connectivity index (χ1n) is 8.78. The highest BCUT2D eigenvalue weighted by Crippen LogP contribution is 2.38. The minimum atomic E-state index is -0.300. The molecule has 1 aromatic carbocycles. The third-order valence-electron chi connectivity index (χ3n) is 4.53. The van der Waals surface area contributed by atoms with Crippen LogP contribution in [0.2, 0.25) is 0 Å². The first kappa shape index (κ1) is 18.1. The van der Waals surface area contributed by atoms with Crippen LogP contribution < -0.4 is 5.56 Å². The van der Waals surface area contributed by atoms with Crippen LogP contribution in [-0.2, 0) is 6.54 Å². The second kappa shape index (κ2) is 7.02. The molecule has 0 atom stereocenters. The molecule has 3 nitrogen and oxygen atoms in total. The predicted octanol–water partition coefficient (Wildman–Crippen LogP) is 5.81. The Labute approximate surface area is 164 Å². The van der Waals surface area contributed by atoms with Crippen molar-refractivity contribution in [1.82, 2.24) is 9.55 Å². The fourth-order valence-electron chi connectivity index (χ4n) is 3.34. The Kier molecular flexibility index (Phi) is 4.70. The van der Waals surface area contributed by atoms with Gasteiger partial charge in [0.2, 0.25) is 0 Å². The van der Waals surface area contributed by atoms with Gasteiger partial charge in [0.1, 0.15) is 16.5 Å². The Bertz CT molecular complexity index is 1170. The van der Waals surface area contributed by atoms with Crippen LogP contribution in [0.15, 0.2) is 46.6 Å². The first-order chi connectivity index (χ1) is 13.0. The number of nitrogens with zero attached hydrogens (tertiary/aromatic N) is 2. The first-order valence-corrected chi connectivity index (χ1v) is 10.5. The van der Waals surface area contributed by atoms with Crippen LogP contribution >= 0.6 is 22.7 Å². The molecular formula is C21H19FN2OS2. The summed E-state index contributed by atoms with van der Waals surface area (Å²) in [6.07, 6.45) is 0. The van der Waals surface area contributed by atoms with Crippen LogP contribution in [0.25, 0.3) is 20.7 Å². The van der Waals surface area contributed by atoms with Crippen molar-refractivity contribution in [3.63, 3.8) is 0 Å². The van der Waals surface area contributed by atoms with E-state index in [1.165, 1.54) is 12.1 Å². The topological polar surface area (TPSA) is 34.9 Å². The maximum atomic E-state index is 13.6. The molecule has 4 aromatic rings. The molecular weight excluding hydrogens is 379 g/mol. The van der Waals surface area contributed by atoms with Crippen molar-refractivity contribution in [2.75, 3.05) is 0 Å². The maximum Gasteiger partial charge on any atom is 0.263 e. The van der Waals surface area contributed by atoms with Gasteiger partial charge >= 0.3 is 0 Å². The number of aryl methyl sites for hydroxylation is 1. The van der Waals surface area contributed by atoms with Crippen molar-refractivity contribution in [2.45, 2.75) is 33.2 Å². The lowest BCUT2D eigenvalue weighted by molar-refractivity contribution is 0.612. The highest BCUT2D eigenvalue weighted by atomic mass is 32.1. The molecule has 0 aliphatic heterocycles. The van der Waals surface area contributed by atoms with Gasteiger partial charge in [0.25, 0.3) is 5.56 Å². The van der Waals surface area contributed by atoms with Crippen LogP contribution in [0.1, 0.15) is 36.0 Å². The largest absolute Gasteiger partial charge is 0.291 e. The molecule has 0 unspecified atom stereocenters. The van der Waals surface area contributed by atoms with Crippen molar-refractivity contribution < 1.29 is 4.39 Å². The van der Waals surface area contributed by atoms with E-state index in [0.717, 1.165) is 31.5 Å². The zero-order valence-corrected chi connectivity index (χ0v) is 17.0. The monoisotopic (exact) mass is 398 g/mol. The fourth-order valence-corrected chi connectivity index (χ4v) is 5.27. The number of benzene rings is 1. The second-order valence-corrected chi connectivity index (χ2v) is 8.99. The van der Waals surface area contributed by atoms with E-state index in [1.54, 1.807) is 33.3 Å². The number of fused-ring (bicyclic) bond motifs is 1. The van der Waals surface area contributed by atoms with Crippen LogP contribution in [0.5, 0.6) is 0 Å². The third-order valence-corrected chi connectivity index (χ3v) is 6.42. The molecule has 138 valence electrons. The van der Waals surface area contributed by atoms with Gasteiger partial charge in [0.05, 0.1) is 11.9 Å². The van der Waals surface area contributed by atoms with E-state index < -0.39 is 0 Å². The number of hydrogen-bond acceptors (Lipinski definition) is 4. The lowest BCUT2D eigenvalue weighted by Crippen LogP contribution is -2.26. The van der Waals surface area contributed by atoms with Gasteiger partial charge < -0.3 is 0 Å². The Morgan fingerprint density at radius 1 is 1.22 bits per heavy atom. The van der Waals surface area contributed by atoms with Crippen LogP contribution in [0.3, 0.4) is 0 Å². The van der Waals surface area contributed by atoms with Crippen molar-refractivity contribution in [3.05, 3.63) is 74.2 Å². The number of halogens is 1. The van der Waals surface area contributed by atoms with Gasteiger partial charge in [0.15, 0.2) is 0 Å². The van der Waals surface area contributed by atoms with Crippen LogP contribution in [-0.4, -0.2) is 9.55 Å². The van der Waals surface area contributed by atoms with Gasteiger partial charge in [-0.15, -0.1) is 22.7 Å². The summed E-state index contributed by atoms with van der Waals surface area (Å²) >= 11 is 3.18. The fraction of sp³-hybridized carbons (Fsp3) is 0.238. The minimum absolute atomic E-state index is 0.0549. The summed E-state index contributed by atoms with van der Waals surface area (Å²) in [5, 5.41) is 2.68. The maximum absolute atomic E-state index is 13.6. The standard InChI is InChI=1S/C21H19FN2OS2/c1-12(2)19-23-20-18(17(13(3)27-20)16-8-5-9-26-16)21(25)24(19)11-14-6-4-7-15(22)10-14/h4-10,12H,11H2,1-3H3. The molecule has 3 heterocycles. The van der Waals surface area contributed by atoms with Crippen molar-refractivity contribution >= 4 is 32.9 Å². The summed E-state index contributed by atoms with van der Waals surface area (Å²) in [6.45, 7) is 6.39. The molecule has 3 aromatic heterocycles. The Morgan fingerprint density at radius 3 is 2.70 bits per heavy atom. The smallest absolute Gasteiger partial charge is 0.263 e. The van der Waals surface area contributed by atoms with E-state index in [9.17, 15) is 9.18 Å². The third kappa shape index (κ3) is 3.24. The number of rotatable bonds is 4. The van der Waals surface area contributed by atoms with E-state index >= 15 is 0 Å². The SMILES string of the molecule is Cc1sc2nc(C(C)C)n(Cc3cccc(F)c3)c(=O)c2c1-c1cccs1. The molecule has 0 fully saturated rings. The molecule has 6 heteroatoms. The summed E-state index contributed by atoms with van der Waals surface area (Å²) < 4.78 is 15.3. The Balaban J connectivity index is 1.99. The zero-order chi connectivity index (χ0) is 19.1. The summed E-state index contributed by atoms with van der Waals surface area (Å²) in [5.74, 6) is 0.519. The molecule has 27 heavy (non-hydrogen) atoms. The average Bonchev–Trinajstić information content (AvgIpc) is 3.24. The van der Waals surface area contributed by atoms with E-state index in [4.69, 9.17) is 4.98 Å². The number of aromatic nitrogens is 2. The van der Waals surface area contributed by atoms with Crippen LogP contribution in [0, 0.1) is 12.7 Å². The number of thiophene rings is 2. The van der Waals surface area contributed by atoms with E-state index in [-0.39, 0.29) is 17.3 Å². The molecule has 0 aliphatic rings. The van der Waals surface area contributed by atoms with Crippen molar-refractivity contribution in [1.29, 1.82) is 0 Å². The van der Waals surface area contributed by atoms with Gasteiger partial charge in [-0.25, -0.2) is 9.37 Å². The molecule has 0 bridgehead atoms. The average molecular weight is 399 g/mol. The van der Waals surface area contributed by atoms with E-state index in [0.29, 0.717) is 11.9 Å². The predicted molar refractivity (Wildman–Crippen MR) is 112 cm³/mol. The minimum Gasteiger partial charge on any atom is -0.291 e. The molecule has 0 aliphatic carbocycles.